The molecule has 0 bridgehead atoms. The van der Waals surface area contributed by atoms with Crippen molar-refractivity contribution in [1.29, 1.82) is 0 Å². The minimum Gasteiger partial charge on any atom is -0.323 e. The fourth-order valence-electron chi connectivity index (χ4n) is 4.27. The number of nitrogens with zero attached hydrogens (tertiary/aromatic N) is 4. The van der Waals surface area contributed by atoms with E-state index < -0.39 is 0 Å². The van der Waals surface area contributed by atoms with E-state index in [4.69, 9.17) is 4.98 Å². The predicted molar refractivity (Wildman–Crippen MR) is 127 cm³/mol. The third-order valence-corrected chi connectivity index (χ3v) is 6.89. The lowest BCUT2D eigenvalue weighted by Gasteiger charge is -2.13. The van der Waals surface area contributed by atoms with Crippen molar-refractivity contribution in [2.24, 2.45) is 0 Å². The van der Waals surface area contributed by atoms with E-state index >= 15 is 0 Å². The van der Waals surface area contributed by atoms with Crippen molar-refractivity contribution in [1.82, 2.24) is 19.3 Å². The molecule has 0 amide bonds. The molecule has 0 spiro atoms. The van der Waals surface area contributed by atoms with Gasteiger partial charge in [-0.25, -0.2) is 4.98 Å². The second kappa shape index (κ2) is 8.15. The van der Waals surface area contributed by atoms with E-state index in [2.05, 4.69) is 48.2 Å². The van der Waals surface area contributed by atoms with Crippen molar-refractivity contribution >= 4 is 33.2 Å². The van der Waals surface area contributed by atoms with Crippen LogP contribution in [0.25, 0.3) is 10.2 Å². The number of hydrogen-bond acceptors (Lipinski definition) is 5. The van der Waals surface area contributed by atoms with Crippen LogP contribution < -0.4 is 10.9 Å². The molecular weight excluding hydrogens is 406 g/mol. The molecule has 3 aromatic heterocycles. The third kappa shape index (κ3) is 3.81. The average Bonchev–Trinajstić information content (AvgIpc) is 3.34. The number of aromatic nitrogens is 4. The molecule has 7 heteroatoms. The first kappa shape index (κ1) is 19.8. The molecule has 3 heterocycles. The van der Waals surface area contributed by atoms with Crippen LogP contribution >= 0.6 is 11.3 Å². The molecule has 0 saturated heterocycles. The fourth-order valence-corrected chi connectivity index (χ4v) is 5.53. The van der Waals surface area contributed by atoms with Gasteiger partial charge in [-0.1, -0.05) is 35.9 Å². The highest BCUT2D eigenvalue weighted by Crippen LogP contribution is 2.34. The van der Waals surface area contributed by atoms with Crippen molar-refractivity contribution in [3.8, 4) is 0 Å². The van der Waals surface area contributed by atoms with Crippen LogP contribution in [0.1, 0.15) is 34.4 Å². The van der Waals surface area contributed by atoms with Gasteiger partial charge in [0.05, 0.1) is 23.8 Å². The summed E-state index contributed by atoms with van der Waals surface area (Å²) in [6.07, 6.45) is 9.79. The van der Waals surface area contributed by atoms with Gasteiger partial charge >= 0.3 is 0 Å². The van der Waals surface area contributed by atoms with Gasteiger partial charge in [-0.15, -0.1) is 17.9 Å². The normalized spacial score (nSPS) is 13.3. The highest BCUT2D eigenvalue weighted by Gasteiger charge is 2.22. The number of anilines is 2. The summed E-state index contributed by atoms with van der Waals surface area (Å²) in [6.45, 7) is 7.01. The number of thiophene rings is 1. The van der Waals surface area contributed by atoms with Crippen molar-refractivity contribution in [3.63, 3.8) is 0 Å². The second-order valence-corrected chi connectivity index (χ2v) is 9.16. The summed E-state index contributed by atoms with van der Waals surface area (Å²) >= 11 is 1.66. The van der Waals surface area contributed by atoms with Crippen LogP contribution in [0.3, 0.4) is 0 Å². The van der Waals surface area contributed by atoms with Gasteiger partial charge in [0.2, 0.25) is 5.95 Å². The monoisotopic (exact) mass is 431 g/mol. The summed E-state index contributed by atoms with van der Waals surface area (Å²) in [5.41, 5.74) is 4.45. The lowest BCUT2D eigenvalue weighted by molar-refractivity contribution is 0.686. The Bertz CT molecular complexity index is 1330. The van der Waals surface area contributed by atoms with Crippen molar-refractivity contribution in [3.05, 3.63) is 81.2 Å². The van der Waals surface area contributed by atoms with Crippen LogP contribution in [0.2, 0.25) is 0 Å². The van der Waals surface area contributed by atoms with Gasteiger partial charge in [0, 0.05) is 17.6 Å². The fraction of sp³-hybridized carbons (Fsp3) is 0.292. The summed E-state index contributed by atoms with van der Waals surface area (Å²) in [7, 11) is 0. The molecule has 1 aliphatic carbocycles. The van der Waals surface area contributed by atoms with Gasteiger partial charge in [-0.2, -0.15) is 5.10 Å². The molecule has 0 fully saturated rings. The molecule has 1 N–H and O–H groups in total. The van der Waals surface area contributed by atoms with Crippen LogP contribution in [0.4, 0.5) is 11.6 Å². The van der Waals surface area contributed by atoms with E-state index in [1.54, 1.807) is 28.2 Å². The molecular formula is C24H25N5OS. The Morgan fingerprint density at radius 1 is 1.29 bits per heavy atom. The second-order valence-electron chi connectivity index (χ2n) is 8.07. The summed E-state index contributed by atoms with van der Waals surface area (Å²) in [4.78, 5) is 20.4. The smallest absolute Gasteiger partial charge is 0.264 e. The van der Waals surface area contributed by atoms with Crippen LogP contribution in [0, 0.1) is 6.92 Å². The minimum absolute atomic E-state index is 0.0129. The number of allylic oxidation sites excluding steroid dienone is 1. The lowest BCUT2D eigenvalue weighted by atomic mass is 9.97. The topological polar surface area (TPSA) is 64.7 Å². The first-order chi connectivity index (χ1) is 15.1. The average molecular weight is 432 g/mol. The number of aryl methyl sites for hydroxylation is 3. The van der Waals surface area contributed by atoms with Gasteiger partial charge in [-0.05, 0) is 43.7 Å². The predicted octanol–water partition coefficient (Wildman–Crippen LogP) is 4.82. The maximum absolute atomic E-state index is 13.4. The Morgan fingerprint density at radius 3 is 3.00 bits per heavy atom. The zero-order valence-corrected chi connectivity index (χ0v) is 18.4. The zero-order valence-electron chi connectivity index (χ0n) is 17.6. The Hall–Kier alpha value is -3.19. The molecule has 31 heavy (non-hydrogen) atoms. The molecule has 6 nitrogen and oxygen atoms in total. The zero-order chi connectivity index (χ0) is 21.4. The molecule has 0 radical (unpaired) electrons. The molecule has 0 saturated carbocycles. The van der Waals surface area contributed by atoms with E-state index in [-0.39, 0.29) is 5.56 Å². The largest absolute Gasteiger partial charge is 0.323 e. The molecule has 0 aliphatic heterocycles. The maximum Gasteiger partial charge on any atom is 0.264 e. The first-order valence-corrected chi connectivity index (χ1v) is 11.4. The van der Waals surface area contributed by atoms with E-state index in [9.17, 15) is 4.79 Å². The van der Waals surface area contributed by atoms with Crippen LogP contribution in [-0.2, 0) is 25.9 Å². The highest BCUT2D eigenvalue weighted by atomic mass is 32.1. The van der Waals surface area contributed by atoms with Gasteiger partial charge in [0.25, 0.3) is 5.56 Å². The van der Waals surface area contributed by atoms with Crippen molar-refractivity contribution in [2.45, 2.75) is 45.7 Å². The number of fused-ring (bicyclic) bond motifs is 3. The van der Waals surface area contributed by atoms with Crippen LogP contribution in [-0.4, -0.2) is 19.3 Å². The molecule has 0 unspecified atom stereocenters. The Balaban J connectivity index is 1.49. The molecule has 1 aliphatic rings. The van der Waals surface area contributed by atoms with Gasteiger partial charge < -0.3 is 5.32 Å². The SMILES string of the molecule is C=CCn1c(Nc2cnn(Cc3cccc(C)c3)c2)nc2sc3c(c2c1=O)CCCC3. The van der Waals surface area contributed by atoms with Crippen molar-refractivity contribution in [2.75, 3.05) is 5.32 Å². The Labute approximate surface area is 184 Å². The lowest BCUT2D eigenvalue weighted by Crippen LogP contribution is -2.24. The highest BCUT2D eigenvalue weighted by molar-refractivity contribution is 7.18. The van der Waals surface area contributed by atoms with Gasteiger partial charge in [0.15, 0.2) is 0 Å². The summed E-state index contributed by atoms with van der Waals surface area (Å²) in [5, 5.41) is 8.58. The molecule has 158 valence electrons. The third-order valence-electron chi connectivity index (χ3n) is 5.70. The minimum atomic E-state index is 0.0129. The Kier molecular flexibility index (Phi) is 5.19. The van der Waals surface area contributed by atoms with Gasteiger partial charge in [0.1, 0.15) is 4.83 Å². The summed E-state index contributed by atoms with van der Waals surface area (Å²) in [5.74, 6) is 0.533. The van der Waals surface area contributed by atoms with Gasteiger partial charge in [-0.3, -0.25) is 14.0 Å². The van der Waals surface area contributed by atoms with E-state index in [1.165, 1.54) is 28.0 Å². The maximum atomic E-state index is 13.4. The summed E-state index contributed by atoms with van der Waals surface area (Å²) in [6, 6.07) is 8.39. The standard InChI is InChI=1S/C24H25N5OS/c1-3-11-29-23(30)21-19-9-4-5-10-20(19)31-22(21)27-24(29)26-18-13-25-28(15-18)14-17-8-6-7-16(2)12-17/h3,6-8,12-13,15H,1,4-5,9-11,14H2,2H3,(H,26,27). The Morgan fingerprint density at radius 2 is 2.16 bits per heavy atom. The number of hydrogen-bond donors (Lipinski definition) is 1. The molecule has 5 rings (SSSR count). The van der Waals surface area contributed by atoms with Crippen LogP contribution in [0.15, 0.2) is 54.1 Å². The molecule has 4 aromatic rings. The van der Waals surface area contributed by atoms with E-state index in [0.29, 0.717) is 19.0 Å². The quantitative estimate of drug-likeness (QED) is 0.445. The molecule has 0 atom stereocenters. The van der Waals surface area contributed by atoms with E-state index in [1.807, 2.05) is 10.9 Å². The number of rotatable bonds is 6. The first-order valence-electron chi connectivity index (χ1n) is 10.6. The summed E-state index contributed by atoms with van der Waals surface area (Å²) < 4.78 is 3.56. The molecule has 1 aromatic carbocycles. The van der Waals surface area contributed by atoms with E-state index in [0.717, 1.165) is 35.2 Å². The van der Waals surface area contributed by atoms with Crippen LogP contribution in [0.5, 0.6) is 0 Å². The van der Waals surface area contributed by atoms with Crippen molar-refractivity contribution < 1.29 is 0 Å². The number of nitrogens with one attached hydrogen (secondary N) is 1. The number of benzene rings is 1.